The summed E-state index contributed by atoms with van der Waals surface area (Å²) in [7, 11) is 0. The maximum absolute atomic E-state index is 11.6. The van der Waals surface area contributed by atoms with Gasteiger partial charge in [-0.25, -0.2) is 0 Å². The van der Waals surface area contributed by atoms with E-state index in [1.807, 2.05) is 0 Å². The summed E-state index contributed by atoms with van der Waals surface area (Å²) in [6.07, 6.45) is -0.616. The highest BCUT2D eigenvalue weighted by Gasteiger charge is 2.19. The van der Waals surface area contributed by atoms with Crippen molar-refractivity contribution in [1.29, 1.82) is 0 Å². The number of nitrogens with one attached hydrogen (secondary N) is 1. The lowest BCUT2D eigenvalue weighted by Crippen LogP contribution is -2.21. The van der Waals surface area contributed by atoms with Crippen molar-refractivity contribution >= 4 is 27.8 Å². The number of H-pyrrole nitrogens is 1. The van der Waals surface area contributed by atoms with Gasteiger partial charge < -0.3 is 15.2 Å². The second kappa shape index (κ2) is 6.21. The van der Waals surface area contributed by atoms with E-state index in [1.54, 1.807) is 18.2 Å². The molecule has 2 unspecified atom stereocenters. The summed E-state index contributed by atoms with van der Waals surface area (Å²) in [5, 5.41) is 20.3. The van der Waals surface area contributed by atoms with Crippen molar-refractivity contribution in [1.82, 2.24) is 4.98 Å². The number of aromatic amines is 1. The zero-order valence-electron chi connectivity index (χ0n) is 10.9. The van der Waals surface area contributed by atoms with Crippen LogP contribution in [-0.4, -0.2) is 32.2 Å². The molecule has 3 N–H and O–H groups in total. The Morgan fingerprint density at radius 2 is 2.10 bits per heavy atom. The Morgan fingerprint density at radius 3 is 2.80 bits per heavy atom. The predicted octanol–water partition coefficient (Wildman–Crippen LogP) is 1.20. The number of aromatic nitrogens is 1. The zero-order valence-corrected chi connectivity index (χ0v) is 11.7. The SMILES string of the molecule is CC(=O)SCC(O)C(O)c1ccc2c(=O)cc[nH]c2c1. The normalized spacial score (nSPS) is 14.2. The van der Waals surface area contributed by atoms with Crippen LogP contribution in [0.15, 0.2) is 35.3 Å². The molecule has 0 spiro atoms. The predicted molar refractivity (Wildman–Crippen MR) is 78.7 cm³/mol. The van der Waals surface area contributed by atoms with Crippen molar-refractivity contribution in [3.8, 4) is 0 Å². The molecule has 2 aromatic rings. The standard InChI is InChI=1S/C14H15NO4S/c1-8(16)20-7-13(18)14(19)9-2-3-10-11(6-9)15-5-4-12(10)17/h2-6,13-14,18-19H,7H2,1H3,(H,15,17). The second-order valence-corrected chi connectivity index (χ2v) is 5.66. The number of aliphatic hydroxyl groups is 2. The van der Waals surface area contributed by atoms with Gasteiger partial charge >= 0.3 is 0 Å². The number of thioether (sulfide) groups is 1. The third-order valence-electron chi connectivity index (χ3n) is 2.95. The number of rotatable bonds is 4. The van der Waals surface area contributed by atoms with Crippen LogP contribution in [0.1, 0.15) is 18.6 Å². The number of aliphatic hydroxyl groups excluding tert-OH is 2. The molecule has 0 radical (unpaired) electrons. The molecule has 0 bridgehead atoms. The maximum atomic E-state index is 11.6. The van der Waals surface area contributed by atoms with Gasteiger partial charge in [-0.1, -0.05) is 17.8 Å². The highest BCUT2D eigenvalue weighted by molar-refractivity contribution is 8.13. The lowest BCUT2D eigenvalue weighted by atomic mass is 10.0. The van der Waals surface area contributed by atoms with E-state index < -0.39 is 12.2 Å². The van der Waals surface area contributed by atoms with E-state index >= 15 is 0 Å². The fourth-order valence-corrected chi connectivity index (χ4v) is 2.48. The Balaban J connectivity index is 2.24. The summed E-state index contributed by atoms with van der Waals surface area (Å²) in [5.41, 5.74) is 0.990. The fourth-order valence-electron chi connectivity index (χ4n) is 1.89. The molecule has 1 aromatic carbocycles. The van der Waals surface area contributed by atoms with Gasteiger partial charge in [-0.2, -0.15) is 0 Å². The first-order valence-corrected chi connectivity index (χ1v) is 7.08. The first-order chi connectivity index (χ1) is 9.49. The van der Waals surface area contributed by atoms with Gasteiger partial charge in [0.25, 0.3) is 0 Å². The van der Waals surface area contributed by atoms with Crippen LogP contribution in [0.4, 0.5) is 0 Å². The van der Waals surface area contributed by atoms with Gasteiger partial charge in [0.15, 0.2) is 10.5 Å². The van der Waals surface area contributed by atoms with Crippen molar-refractivity contribution in [2.45, 2.75) is 19.1 Å². The quantitative estimate of drug-likeness (QED) is 0.788. The van der Waals surface area contributed by atoms with Crippen LogP contribution in [-0.2, 0) is 4.79 Å². The number of fused-ring (bicyclic) bond motifs is 1. The summed E-state index contributed by atoms with van der Waals surface area (Å²) >= 11 is 0.962. The van der Waals surface area contributed by atoms with Gasteiger partial charge in [-0.3, -0.25) is 9.59 Å². The number of carbonyl (C=O) groups is 1. The van der Waals surface area contributed by atoms with Crippen LogP contribution < -0.4 is 5.43 Å². The van der Waals surface area contributed by atoms with Crippen LogP contribution in [0.5, 0.6) is 0 Å². The van der Waals surface area contributed by atoms with Gasteiger partial charge in [0.1, 0.15) is 6.10 Å². The van der Waals surface area contributed by atoms with Crippen LogP contribution in [0.3, 0.4) is 0 Å². The Kier molecular flexibility index (Phi) is 4.59. The van der Waals surface area contributed by atoms with Gasteiger partial charge in [-0.15, -0.1) is 0 Å². The lowest BCUT2D eigenvalue weighted by molar-refractivity contribution is -0.109. The monoisotopic (exact) mass is 293 g/mol. The molecule has 1 heterocycles. The van der Waals surface area contributed by atoms with E-state index in [9.17, 15) is 19.8 Å². The molecule has 106 valence electrons. The molecular formula is C14H15NO4S. The van der Waals surface area contributed by atoms with Crippen molar-refractivity contribution < 1.29 is 15.0 Å². The Morgan fingerprint density at radius 1 is 1.35 bits per heavy atom. The van der Waals surface area contributed by atoms with Gasteiger partial charge in [0.2, 0.25) is 0 Å². The average molecular weight is 293 g/mol. The Hall–Kier alpha value is -1.63. The molecule has 1 aromatic heterocycles. The van der Waals surface area contributed by atoms with Crippen molar-refractivity contribution in [2.75, 3.05) is 5.75 Å². The second-order valence-electron chi connectivity index (χ2n) is 4.46. The first-order valence-electron chi connectivity index (χ1n) is 6.10. The smallest absolute Gasteiger partial charge is 0.189 e. The number of hydrogen-bond acceptors (Lipinski definition) is 5. The minimum atomic E-state index is -1.10. The minimum absolute atomic E-state index is 0.104. The summed E-state index contributed by atoms with van der Waals surface area (Å²) in [6, 6.07) is 6.27. The summed E-state index contributed by atoms with van der Waals surface area (Å²) in [6.45, 7) is 1.41. The topological polar surface area (TPSA) is 90.4 Å². The molecule has 2 atom stereocenters. The molecule has 0 aliphatic heterocycles. The van der Waals surface area contributed by atoms with E-state index in [2.05, 4.69) is 4.98 Å². The molecule has 0 saturated heterocycles. The molecule has 6 heteroatoms. The summed E-state index contributed by atoms with van der Waals surface area (Å²) < 4.78 is 0. The van der Waals surface area contributed by atoms with E-state index in [0.29, 0.717) is 16.5 Å². The van der Waals surface area contributed by atoms with Crippen LogP contribution in [0.2, 0.25) is 0 Å². The number of benzene rings is 1. The van der Waals surface area contributed by atoms with Crippen LogP contribution in [0, 0.1) is 0 Å². The Labute approximate surface area is 119 Å². The number of hydrogen-bond donors (Lipinski definition) is 3. The zero-order chi connectivity index (χ0) is 14.7. The van der Waals surface area contributed by atoms with E-state index in [-0.39, 0.29) is 16.3 Å². The van der Waals surface area contributed by atoms with Crippen molar-refractivity contribution in [3.05, 3.63) is 46.2 Å². The molecule has 20 heavy (non-hydrogen) atoms. The third kappa shape index (κ3) is 3.27. The van der Waals surface area contributed by atoms with E-state index in [1.165, 1.54) is 19.2 Å². The molecular weight excluding hydrogens is 278 g/mol. The minimum Gasteiger partial charge on any atom is -0.389 e. The van der Waals surface area contributed by atoms with E-state index in [0.717, 1.165) is 11.8 Å². The van der Waals surface area contributed by atoms with Crippen molar-refractivity contribution in [3.63, 3.8) is 0 Å². The molecule has 0 saturated carbocycles. The average Bonchev–Trinajstić information content (AvgIpc) is 2.43. The maximum Gasteiger partial charge on any atom is 0.189 e. The first kappa shape index (κ1) is 14.8. The van der Waals surface area contributed by atoms with Gasteiger partial charge in [0, 0.05) is 35.8 Å². The van der Waals surface area contributed by atoms with Gasteiger partial charge in [0.05, 0.1) is 6.10 Å². The third-order valence-corrected chi connectivity index (χ3v) is 3.86. The molecule has 2 rings (SSSR count). The summed E-state index contributed by atoms with van der Waals surface area (Å²) in [4.78, 5) is 25.4. The summed E-state index contributed by atoms with van der Waals surface area (Å²) in [5.74, 6) is 0.125. The lowest BCUT2D eigenvalue weighted by Gasteiger charge is -2.17. The van der Waals surface area contributed by atoms with E-state index in [4.69, 9.17) is 0 Å². The largest absolute Gasteiger partial charge is 0.389 e. The number of pyridine rings is 1. The van der Waals surface area contributed by atoms with Crippen LogP contribution >= 0.6 is 11.8 Å². The van der Waals surface area contributed by atoms with Crippen LogP contribution in [0.25, 0.3) is 10.9 Å². The van der Waals surface area contributed by atoms with Gasteiger partial charge in [-0.05, 0) is 17.7 Å². The Bertz CT molecular complexity index is 682. The highest BCUT2D eigenvalue weighted by Crippen LogP contribution is 2.22. The molecule has 0 fully saturated rings. The highest BCUT2D eigenvalue weighted by atomic mass is 32.2. The van der Waals surface area contributed by atoms with Crippen molar-refractivity contribution in [2.24, 2.45) is 0 Å². The molecule has 0 aliphatic rings. The molecule has 0 amide bonds. The molecule has 5 nitrogen and oxygen atoms in total. The molecule has 0 aliphatic carbocycles. The fraction of sp³-hybridized carbons (Fsp3) is 0.286. The number of carbonyl (C=O) groups excluding carboxylic acids is 1.